The molecule has 0 aromatic carbocycles. The summed E-state index contributed by atoms with van der Waals surface area (Å²) in [5.74, 6) is 1.34. The summed E-state index contributed by atoms with van der Waals surface area (Å²) < 4.78 is 5.41. The van der Waals surface area contributed by atoms with Gasteiger partial charge in [-0.05, 0) is 33.1 Å². The third-order valence-corrected chi connectivity index (χ3v) is 4.32. The molecule has 1 aliphatic rings. The van der Waals surface area contributed by atoms with Crippen molar-refractivity contribution >= 4 is 5.96 Å². The van der Waals surface area contributed by atoms with Crippen LogP contribution in [0.4, 0.5) is 0 Å². The molecule has 0 aromatic heterocycles. The summed E-state index contributed by atoms with van der Waals surface area (Å²) in [6.07, 6.45) is 3.65. The topological polar surface area (TPSA) is 62.9 Å². The lowest BCUT2D eigenvalue weighted by atomic mass is 10.0. The van der Waals surface area contributed by atoms with E-state index in [0.29, 0.717) is 18.5 Å². The van der Waals surface area contributed by atoms with Crippen molar-refractivity contribution in [3.63, 3.8) is 0 Å². The molecule has 3 N–H and O–H groups in total. The number of hydrogen-bond acceptors (Lipinski definition) is 3. The third kappa shape index (κ3) is 7.45. The first-order chi connectivity index (χ1) is 10.3. The zero-order chi connectivity index (χ0) is 16.6. The molecule has 0 saturated carbocycles. The quantitative estimate of drug-likeness (QED) is 0.533. The molecule has 130 valence electrons. The molecule has 0 aliphatic carbocycles. The van der Waals surface area contributed by atoms with Gasteiger partial charge in [-0.15, -0.1) is 0 Å². The van der Waals surface area contributed by atoms with Gasteiger partial charge in [0, 0.05) is 24.7 Å². The van der Waals surface area contributed by atoms with Crippen molar-refractivity contribution in [2.75, 3.05) is 32.8 Å². The maximum atomic E-state index is 6.04. The lowest BCUT2D eigenvalue weighted by Gasteiger charge is -2.39. The van der Waals surface area contributed by atoms with Gasteiger partial charge < -0.3 is 15.8 Å². The van der Waals surface area contributed by atoms with Crippen LogP contribution in [0, 0.1) is 5.92 Å². The van der Waals surface area contributed by atoms with E-state index in [1.165, 1.54) is 12.8 Å². The van der Waals surface area contributed by atoms with E-state index in [4.69, 9.17) is 10.5 Å². The highest BCUT2D eigenvalue weighted by Crippen LogP contribution is 2.16. The van der Waals surface area contributed by atoms with Gasteiger partial charge in [0.25, 0.3) is 0 Å². The van der Waals surface area contributed by atoms with Crippen molar-refractivity contribution in [3.8, 4) is 0 Å². The fourth-order valence-corrected chi connectivity index (χ4v) is 2.75. The Balaban J connectivity index is 2.34. The molecule has 0 bridgehead atoms. The van der Waals surface area contributed by atoms with Gasteiger partial charge in [0.1, 0.15) is 0 Å². The number of guanidine groups is 1. The monoisotopic (exact) mass is 312 g/mol. The predicted octanol–water partition coefficient (Wildman–Crippen LogP) is 2.22. The van der Waals surface area contributed by atoms with Crippen LogP contribution in [0.15, 0.2) is 4.99 Å². The first-order valence-electron chi connectivity index (χ1n) is 8.70. The second-order valence-electron chi connectivity index (χ2n) is 7.48. The Morgan fingerprint density at radius 1 is 1.23 bits per heavy atom. The van der Waals surface area contributed by atoms with Crippen molar-refractivity contribution in [1.82, 2.24) is 10.2 Å². The van der Waals surface area contributed by atoms with Crippen LogP contribution >= 0.6 is 0 Å². The number of nitrogens with one attached hydrogen (secondary N) is 1. The molecule has 22 heavy (non-hydrogen) atoms. The number of morpholine rings is 1. The van der Waals surface area contributed by atoms with E-state index < -0.39 is 0 Å². The minimum atomic E-state index is 0.0248. The van der Waals surface area contributed by atoms with Crippen LogP contribution in [-0.4, -0.2) is 55.3 Å². The van der Waals surface area contributed by atoms with Crippen molar-refractivity contribution in [2.45, 2.75) is 65.5 Å². The number of rotatable bonds is 8. The summed E-state index contributed by atoms with van der Waals surface area (Å²) in [5.41, 5.74) is 6.06. The second kappa shape index (κ2) is 9.36. The molecule has 1 atom stereocenters. The standard InChI is InChI=1S/C17H36N4O/c1-14(2)7-6-8-15(3)20-16(18)19-13-17(4,5)21-9-11-22-12-10-21/h14-15H,6-13H2,1-5H3,(H3,18,19,20). The van der Waals surface area contributed by atoms with Crippen molar-refractivity contribution in [2.24, 2.45) is 16.6 Å². The summed E-state index contributed by atoms with van der Waals surface area (Å²) in [5, 5.41) is 3.31. The maximum Gasteiger partial charge on any atom is 0.188 e. The molecule has 5 nitrogen and oxygen atoms in total. The predicted molar refractivity (Wildman–Crippen MR) is 94.2 cm³/mol. The summed E-state index contributed by atoms with van der Waals surface area (Å²) in [7, 11) is 0. The average molecular weight is 313 g/mol. The van der Waals surface area contributed by atoms with Crippen molar-refractivity contribution < 1.29 is 4.74 Å². The number of ether oxygens (including phenoxy) is 1. The first-order valence-corrected chi connectivity index (χ1v) is 8.70. The van der Waals surface area contributed by atoms with Gasteiger partial charge in [0.15, 0.2) is 5.96 Å². The Morgan fingerprint density at radius 3 is 2.45 bits per heavy atom. The highest BCUT2D eigenvalue weighted by molar-refractivity contribution is 5.78. The molecule has 5 heteroatoms. The SMILES string of the molecule is CC(C)CCCC(C)NC(N)=NCC(C)(C)N1CCOCC1. The molecule has 1 aliphatic heterocycles. The third-order valence-electron chi connectivity index (χ3n) is 4.32. The Morgan fingerprint density at radius 2 is 1.86 bits per heavy atom. The van der Waals surface area contributed by atoms with Gasteiger partial charge in [0.2, 0.25) is 0 Å². The van der Waals surface area contributed by atoms with E-state index in [9.17, 15) is 0 Å². The summed E-state index contributed by atoms with van der Waals surface area (Å²) in [4.78, 5) is 6.98. The largest absolute Gasteiger partial charge is 0.379 e. The molecule has 1 unspecified atom stereocenters. The van der Waals surface area contributed by atoms with E-state index in [-0.39, 0.29) is 5.54 Å². The zero-order valence-corrected chi connectivity index (χ0v) is 15.2. The van der Waals surface area contributed by atoms with Gasteiger partial charge in [0.05, 0.1) is 19.8 Å². The molecular formula is C17H36N4O. The van der Waals surface area contributed by atoms with E-state index in [1.807, 2.05) is 0 Å². The number of hydrogen-bond donors (Lipinski definition) is 2. The number of nitrogens with two attached hydrogens (primary N) is 1. The Bertz CT molecular complexity index is 336. The van der Waals surface area contributed by atoms with Crippen LogP contribution in [0.25, 0.3) is 0 Å². The van der Waals surface area contributed by atoms with Gasteiger partial charge >= 0.3 is 0 Å². The Labute approximate surface area is 136 Å². The summed E-state index contributed by atoms with van der Waals surface area (Å²) in [6, 6.07) is 0.383. The molecule has 1 saturated heterocycles. The van der Waals surface area contributed by atoms with Crippen LogP contribution in [0.2, 0.25) is 0 Å². The average Bonchev–Trinajstić information content (AvgIpc) is 2.46. The minimum absolute atomic E-state index is 0.0248. The molecular weight excluding hydrogens is 276 g/mol. The van der Waals surface area contributed by atoms with Gasteiger partial charge in [-0.25, -0.2) is 0 Å². The highest BCUT2D eigenvalue weighted by atomic mass is 16.5. The lowest BCUT2D eigenvalue weighted by molar-refractivity contribution is -0.00682. The van der Waals surface area contributed by atoms with Crippen molar-refractivity contribution in [3.05, 3.63) is 0 Å². The molecule has 1 fully saturated rings. The minimum Gasteiger partial charge on any atom is -0.379 e. The van der Waals surface area contributed by atoms with Crippen LogP contribution in [0.1, 0.15) is 53.9 Å². The van der Waals surface area contributed by atoms with Gasteiger partial charge in [-0.1, -0.05) is 26.7 Å². The highest BCUT2D eigenvalue weighted by Gasteiger charge is 2.27. The summed E-state index contributed by atoms with van der Waals surface area (Å²) in [6.45, 7) is 15.4. The Kier molecular flexibility index (Phi) is 8.18. The summed E-state index contributed by atoms with van der Waals surface area (Å²) >= 11 is 0. The number of aliphatic imine (C=N–C) groups is 1. The molecule has 0 spiro atoms. The first kappa shape index (κ1) is 19.2. The van der Waals surface area contributed by atoms with E-state index in [1.54, 1.807) is 0 Å². The smallest absolute Gasteiger partial charge is 0.188 e. The zero-order valence-electron chi connectivity index (χ0n) is 15.2. The fourth-order valence-electron chi connectivity index (χ4n) is 2.75. The van der Waals surface area contributed by atoms with Crippen molar-refractivity contribution in [1.29, 1.82) is 0 Å². The normalized spacial score (nSPS) is 19.5. The van der Waals surface area contributed by atoms with E-state index in [2.05, 4.69) is 49.8 Å². The molecule has 1 heterocycles. The molecule has 0 radical (unpaired) electrons. The van der Waals surface area contributed by atoms with E-state index in [0.717, 1.165) is 38.6 Å². The van der Waals surface area contributed by atoms with Gasteiger partial charge in [-0.3, -0.25) is 9.89 Å². The lowest BCUT2D eigenvalue weighted by Crippen LogP contribution is -2.52. The van der Waals surface area contributed by atoms with Crippen LogP contribution in [0.5, 0.6) is 0 Å². The molecule has 1 rings (SSSR count). The Hall–Kier alpha value is -0.810. The fraction of sp³-hybridized carbons (Fsp3) is 0.941. The van der Waals surface area contributed by atoms with Crippen LogP contribution in [-0.2, 0) is 4.74 Å². The van der Waals surface area contributed by atoms with Crippen LogP contribution in [0.3, 0.4) is 0 Å². The molecule has 0 aromatic rings. The maximum absolute atomic E-state index is 6.04. The second-order valence-corrected chi connectivity index (χ2v) is 7.48. The van der Waals surface area contributed by atoms with Gasteiger partial charge in [-0.2, -0.15) is 0 Å². The van der Waals surface area contributed by atoms with Crippen LogP contribution < -0.4 is 11.1 Å². The number of nitrogens with zero attached hydrogens (tertiary/aromatic N) is 2. The van der Waals surface area contributed by atoms with E-state index >= 15 is 0 Å². The molecule has 0 amide bonds.